The molecule has 1 saturated heterocycles. The van der Waals surface area contributed by atoms with Crippen LogP contribution in [-0.4, -0.2) is 61.0 Å². The van der Waals surface area contributed by atoms with Crippen LogP contribution in [0.5, 0.6) is 5.75 Å². The minimum absolute atomic E-state index is 0.0466. The smallest absolute Gasteiger partial charge is 0.302 e. The number of aromatic amines is 1. The highest BCUT2D eigenvalue weighted by atomic mass is 16.5. The number of carbonyl (C=O) groups is 4. The molecule has 3 atom stereocenters. The molecule has 0 saturated carbocycles. The van der Waals surface area contributed by atoms with Crippen LogP contribution in [0.2, 0.25) is 0 Å². The molecule has 10 nitrogen and oxygen atoms in total. The van der Waals surface area contributed by atoms with E-state index in [-0.39, 0.29) is 24.3 Å². The van der Waals surface area contributed by atoms with Crippen LogP contribution in [0.1, 0.15) is 50.5 Å². The number of fused-ring (bicyclic) bond motifs is 1. The van der Waals surface area contributed by atoms with E-state index in [2.05, 4.69) is 20.9 Å². The van der Waals surface area contributed by atoms with Crippen molar-refractivity contribution >= 4 is 34.6 Å². The lowest BCUT2D eigenvalue weighted by atomic mass is 9.97. The maximum Gasteiger partial charge on any atom is 0.302 e. The van der Waals surface area contributed by atoms with Crippen LogP contribution >= 0.6 is 0 Å². The van der Waals surface area contributed by atoms with E-state index in [1.165, 1.54) is 6.92 Å². The highest BCUT2D eigenvalue weighted by molar-refractivity contribution is 6.01. The van der Waals surface area contributed by atoms with Crippen LogP contribution in [0.4, 0.5) is 0 Å². The first-order chi connectivity index (χ1) is 16.7. The van der Waals surface area contributed by atoms with Gasteiger partial charge in [0.15, 0.2) is 0 Å². The van der Waals surface area contributed by atoms with Crippen molar-refractivity contribution in [2.75, 3.05) is 20.3 Å². The number of amides is 3. The Morgan fingerprint density at radius 1 is 1.20 bits per heavy atom. The van der Waals surface area contributed by atoms with E-state index in [4.69, 9.17) is 9.47 Å². The second-order valence-electron chi connectivity index (χ2n) is 9.28. The number of carbonyl (C=O) groups excluding carboxylic acids is 4. The average Bonchev–Trinajstić information content (AvgIpc) is 3.42. The number of ether oxygens (including phenoxy) is 2. The Kier molecular flexibility index (Phi) is 8.73. The van der Waals surface area contributed by atoms with Crippen LogP contribution in [0, 0.1) is 11.8 Å². The lowest BCUT2D eigenvalue weighted by molar-refractivity contribution is -0.142. The third-order valence-electron chi connectivity index (χ3n) is 5.98. The first-order valence-corrected chi connectivity index (χ1v) is 11.9. The maximum absolute atomic E-state index is 13.2. The lowest BCUT2D eigenvalue weighted by Crippen LogP contribution is -2.51. The normalized spacial score (nSPS) is 17.1. The summed E-state index contributed by atoms with van der Waals surface area (Å²) in [6, 6.07) is 5.79. The van der Waals surface area contributed by atoms with Crippen molar-refractivity contribution in [2.24, 2.45) is 11.8 Å². The van der Waals surface area contributed by atoms with Gasteiger partial charge in [-0.15, -0.1) is 0 Å². The molecule has 1 fully saturated rings. The fourth-order valence-electron chi connectivity index (χ4n) is 4.27. The molecular weight excluding hydrogens is 452 g/mol. The summed E-state index contributed by atoms with van der Waals surface area (Å²) in [5, 5.41) is 9.25. The number of nitrogens with one attached hydrogen (secondary N) is 4. The van der Waals surface area contributed by atoms with Gasteiger partial charge in [0, 0.05) is 30.3 Å². The summed E-state index contributed by atoms with van der Waals surface area (Å²) in [6.45, 7) is 5.74. The van der Waals surface area contributed by atoms with Crippen molar-refractivity contribution in [3.8, 4) is 5.75 Å². The number of rotatable bonds is 11. The zero-order valence-corrected chi connectivity index (χ0v) is 20.6. The Morgan fingerprint density at radius 3 is 2.60 bits per heavy atom. The minimum atomic E-state index is -0.812. The van der Waals surface area contributed by atoms with Crippen molar-refractivity contribution in [1.82, 2.24) is 20.9 Å². The van der Waals surface area contributed by atoms with Crippen molar-refractivity contribution in [3.05, 3.63) is 30.0 Å². The molecule has 3 rings (SSSR count). The first kappa shape index (κ1) is 26.1. The molecule has 0 unspecified atom stereocenters. The molecule has 1 aromatic carbocycles. The molecule has 0 spiro atoms. The average molecular weight is 487 g/mol. The molecule has 1 aliphatic heterocycles. The zero-order chi connectivity index (χ0) is 25.5. The monoisotopic (exact) mass is 486 g/mol. The summed E-state index contributed by atoms with van der Waals surface area (Å²) >= 11 is 0. The van der Waals surface area contributed by atoms with Gasteiger partial charge < -0.3 is 30.4 Å². The quantitative estimate of drug-likeness (QED) is 0.358. The fourth-order valence-corrected chi connectivity index (χ4v) is 4.27. The second kappa shape index (κ2) is 11.7. The van der Waals surface area contributed by atoms with E-state index >= 15 is 0 Å². The molecule has 3 amide bonds. The maximum atomic E-state index is 13.2. The van der Waals surface area contributed by atoms with E-state index in [1.54, 1.807) is 19.2 Å². The SMILES string of the molecule is COc1cccc2[nH]c(C(=O)N[C@@H](CC(C)C)C(=O)N[C@H](COC(C)=O)C[C@@H]3CCNC3=O)cc12. The number of benzene rings is 1. The molecule has 2 aromatic rings. The lowest BCUT2D eigenvalue weighted by Gasteiger charge is -2.25. The number of methoxy groups -OCH3 is 1. The summed E-state index contributed by atoms with van der Waals surface area (Å²) in [5.74, 6) is -0.864. The van der Waals surface area contributed by atoms with E-state index in [0.29, 0.717) is 37.3 Å². The molecule has 10 heteroatoms. The van der Waals surface area contributed by atoms with Gasteiger partial charge in [-0.1, -0.05) is 19.9 Å². The van der Waals surface area contributed by atoms with E-state index in [0.717, 1.165) is 10.9 Å². The van der Waals surface area contributed by atoms with Crippen molar-refractivity contribution in [1.29, 1.82) is 0 Å². The number of H-pyrrole nitrogens is 1. The Morgan fingerprint density at radius 2 is 1.97 bits per heavy atom. The Labute approximate surface area is 204 Å². The van der Waals surface area contributed by atoms with Crippen LogP contribution in [0.25, 0.3) is 10.9 Å². The van der Waals surface area contributed by atoms with Crippen molar-refractivity contribution in [3.63, 3.8) is 0 Å². The van der Waals surface area contributed by atoms with Crippen LogP contribution < -0.4 is 20.7 Å². The van der Waals surface area contributed by atoms with Gasteiger partial charge in [-0.25, -0.2) is 0 Å². The van der Waals surface area contributed by atoms with E-state index < -0.39 is 29.9 Å². The predicted octanol–water partition coefficient (Wildman–Crippen LogP) is 1.90. The highest BCUT2D eigenvalue weighted by Crippen LogP contribution is 2.26. The first-order valence-electron chi connectivity index (χ1n) is 11.9. The van der Waals surface area contributed by atoms with Crippen LogP contribution in [-0.2, 0) is 19.1 Å². The molecule has 190 valence electrons. The third-order valence-corrected chi connectivity index (χ3v) is 5.98. The van der Waals surface area contributed by atoms with E-state index in [9.17, 15) is 19.2 Å². The minimum Gasteiger partial charge on any atom is -0.496 e. The highest BCUT2D eigenvalue weighted by Gasteiger charge is 2.31. The topological polar surface area (TPSA) is 139 Å². The van der Waals surface area contributed by atoms with Gasteiger partial charge in [0.1, 0.15) is 24.1 Å². The molecule has 4 N–H and O–H groups in total. The largest absolute Gasteiger partial charge is 0.496 e. The second-order valence-corrected chi connectivity index (χ2v) is 9.28. The summed E-state index contributed by atoms with van der Waals surface area (Å²) in [6.07, 6.45) is 1.40. The predicted molar refractivity (Wildman–Crippen MR) is 130 cm³/mol. The Hall–Kier alpha value is -3.56. The molecule has 0 radical (unpaired) electrons. The summed E-state index contributed by atoms with van der Waals surface area (Å²) in [5.41, 5.74) is 1.06. The van der Waals surface area contributed by atoms with Gasteiger partial charge in [0.05, 0.1) is 13.2 Å². The molecule has 1 aliphatic rings. The van der Waals surface area contributed by atoms with Gasteiger partial charge in [-0.05, 0) is 43.4 Å². The Balaban J connectivity index is 1.73. The summed E-state index contributed by atoms with van der Waals surface area (Å²) < 4.78 is 10.5. The number of esters is 1. The summed E-state index contributed by atoms with van der Waals surface area (Å²) in [4.78, 5) is 52.7. The molecule has 1 aromatic heterocycles. The molecule has 35 heavy (non-hydrogen) atoms. The van der Waals surface area contributed by atoms with Crippen molar-refractivity contribution in [2.45, 2.75) is 52.1 Å². The van der Waals surface area contributed by atoms with E-state index in [1.807, 2.05) is 26.0 Å². The molecule has 0 aliphatic carbocycles. The van der Waals surface area contributed by atoms with Gasteiger partial charge in [-0.3, -0.25) is 19.2 Å². The standard InChI is InChI=1S/C25H34N4O6/c1-14(2)10-20(29-25(33)21-12-18-19(28-21)6-5-7-22(18)34-4)24(32)27-17(13-35-15(3)30)11-16-8-9-26-23(16)31/h5-7,12,14,16-17,20,28H,8-11,13H2,1-4H3,(H,26,31)(H,27,32)(H,29,33)/t16-,17-,20-/m0/s1. The molecular formula is C25H34N4O6. The van der Waals surface area contributed by atoms with Crippen molar-refractivity contribution < 1.29 is 28.7 Å². The fraction of sp³-hybridized carbons (Fsp3) is 0.520. The van der Waals surface area contributed by atoms with Gasteiger partial charge in [0.25, 0.3) is 5.91 Å². The van der Waals surface area contributed by atoms with Gasteiger partial charge in [-0.2, -0.15) is 0 Å². The summed E-state index contributed by atoms with van der Waals surface area (Å²) in [7, 11) is 1.56. The van der Waals surface area contributed by atoms with Gasteiger partial charge in [0.2, 0.25) is 11.8 Å². The molecule has 2 heterocycles. The number of aromatic nitrogens is 1. The number of hydrogen-bond donors (Lipinski definition) is 4. The van der Waals surface area contributed by atoms with Crippen LogP contribution in [0.3, 0.4) is 0 Å². The Bertz CT molecular complexity index is 1080. The zero-order valence-electron chi connectivity index (χ0n) is 20.6. The number of hydrogen-bond acceptors (Lipinski definition) is 6. The van der Waals surface area contributed by atoms with Crippen LogP contribution in [0.15, 0.2) is 24.3 Å². The third kappa shape index (κ3) is 6.97. The van der Waals surface area contributed by atoms with Gasteiger partial charge >= 0.3 is 5.97 Å². The molecule has 0 bridgehead atoms.